The van der Waals surface area contributed by atoms with E-state index in [-0.39, 0.29) is 6.09 Å². The summed E-state index contributed by atoms with van der Waals surface area (Å²) >= 11 is 5.31. The van der Waals surface area contributed by atoms with E-state index >= 15 is 0 Å². The molecule has 3 rings (SSSR count). The van der Waals surface area contributed by atoms with Gasteiger partial charge in [0.25, 0.3) is 0 Å². The number of amides is 1. The minimum absolute atomic E-state index is 0.216. The standard InChI is InChI=1S/C16H18BrNO2S/c1-16(2,3)20-15(19)18-7-6-11-12-8-10(17)4-5-13(12)21-14(11)9-18/h4-5,8H,6-7,9H2,1-3H3. The third-order valence-electron chi connectivity index (χ3n) is 3.45. The maximum atomic E-state index is 12.2. The Kier molecular flexibility index (Phi) is 3.74. The number of thiophene rings is 1. The number of fused-ring (bicyclic) bond motifs is 3. The maximum absolute atomic E-state index is 12.2. The molecule has 0 atom stereocenters. The Morgan fingerprint density at radius 2 is 2.14 bits per heavy atom. The highest BCUT2D eigenvalue weighted by Gasteiger charge is 2.27. The number of nitrogens with zero attached hydrogens (tertiary/aromatic N) is 1. The third-order valence-corrected chi connectivity index (χ3v) is 5.15. The quantitative estimate of drug-likeness (QED) is 0.658. The first-order chi connectivity index (χ1) is 9.83. The first-order valence-electron chi connectivity index (χ1n) is 7.01. The van der Waals surface area contributed by atoms with Gasteiger partial charge in [0.05, 0.1) is 6.54 Å². The van der Waals surface area contributed by atoms with Crippen LogP contribution in [0.4, 0.5) is 4.79 Å². The number of benzene rings is 1. The van der Waals surface area contributed by atoms with Crippen molar-refractivity contribution in [3.05, 3.63) is 33.1 Å². The molecule has 5 heteroatoms. The molecule has 0 saturated carbocycles. The van der Waals surface area contributed by atoms with E-state index in [1.807, 2.05) is 20.8 Å². The molecule has 0 radical (unpaired) electrons. The summed E-state index contributed by atoms with van der Waals surface area (Å²) in [4.78, 5) is 15.3. The lowest BCUT2D eigenvalue weighted by Gasteiger charge is -2.30. The molecule has 0 N–H and O–H groups in total. The predicted octanol–water partition coefficient (Wildman–Crippen LogP) is 4.96. The van der Waals surface area contributed by atoms with Gasteiger partial charge < -0.3 is 9.64 Å². The molecule has 0 aliphatic carbocycles. The van der Waals surface area contributed by atoms with Crippen LogP contribution in [0.3, 0.4) is 0 Å². The predicted molar refractivity (Wildman–Crippen MR) is 89.9 cm³/mol. The van der Waals surface area contributed by atoms with Crippen molar-refractivity contribution >= 4 is 43.4 Å². The fraction of sp³-hybridized carbons (Fsp3) is 0.438. The molecule has 0 spiro atoms. The Morgan fingerprint density at radius 3 is 2.86 bits per heavy atom. The number of hydrogen-bond donors (Lipinski definition) is 0. The van der Waals surface area contributed by atoms with Crippen molar-refractivity contribution in [3.63, 3.8) is 0 Å². The Labute approximate surface area is 137 Å². The molecule has 1 aromatic heterocycles. The molecule has 2 aromatic rings. The highest BCUT2D eigenvalue weighted by atomic mass is 79.9. The lowest BCUT2D eigenvalue weighted by Crippen LogP contribution is -2.39. The second kappa shape index (κ2) is 5.29. The van der Waals surface area contributed by atoms with Gasteiger partial charge in [0, 0.05) is 20.6 Å². The number of ether oxygens (including phenoxy) is 1. The minimum atomic E-state index is -0.442. The van der Waals surface area contributed by atoms with Gasteiger partial charge in [-0.2, -0.15) is 0 Å². The number of hydrogen-bond acceptors (Lipinski definition) is 3. The molecule has 2 heterocycles. The highest BCUT2D eigenvalue weighted by Crippen LogP contribution is 2.36. The Bertz CT molecular complexity index is 702. The molecule has 0 saturated heterocycles. The second-order valence-corrected chi connectivity index (χ2v) is 8.35. The zero-order chi connectivity index (χ0) is 15.2. The van der Waals surface area contributed by atoms with Crippen LogP contribution in [-0.4, -0.2) is 23.1 Å². The molecular formula is C16H18BrNO2S. The number of halogens is 1. The summed E-state index contributed by atoms with van der Waals surface area (Å²) in [5.74, 6) is 0. The number of carbonyl (C=O) groups is 1. The van der Waals surface area contributed by atoms with Gasteiger partial charge in [-0.25, -0.2) is 4.79 Å². The molecular weight excluding hydrogens is 350 g/mol. The summed E-state index contributed by atoms with van der Waals surface area (Å²) in [6.45, 7) is 7.08. The monoisotopic (exact) mass is 367 g/mol. The average molecular weight is 368 g/mol. The van der Waals surface area contributed by atoms with Gasteiger partial charge >= 0.3 is 6.09 Å². The van der Waals surface area contributed by atoms with Crippen LogP contribution in [-0.2, 0) is 17.7 Å². The van der Waals surface area contributed by atoms with E-state index in [1.54, 1.807) is 16.2 Å². The molecule has 0 fully saturated rings. The number of rotatable bonds is 0. The lowest BCUT2D eigenvalue weighted by atomic mass is 10.0. The van der Waals surface area contributed by atoms with Crippen LogP contribution < -0.4 is 0 Å². The fourth-order valence-electron chi connectivity index (χ4n) is 2.55. The normalized spacial score (nSPS) is 15.1. The molecule has 3 nitrogen and oxygen atoms in total. The Morgan fingerprint density at radius 1 is 1.38 bits per heavy atom. The molecule has 112 valence electrons. The molecule has 1 aliphatic heterocycles. The summed E-state index contributed by atoms with van der Waals surface area (Å²) in [5.41, 5.74) is 0.943. The molecule has 0 bridgehead atoms. The Balaban J connectivity index is 1.86. The first kappa shape index (κ1) is 14.9. The van der Waals surface area contributed by atoms with Crippen molar-refractivity contribution in [2.45, 2.75) is 39.3 Å². The largest absolute Gasteiger partial charge is 0.444 e. The van der Waals surface area contributed by atoms with Crippen LogP contribution in [0.25, 0.3) is 10.1 Å². The van der Waals surface area contributed by atoms with Gasteiger partial charge in [0.2, 0.25) is 0 Å². The van der Waals surface area contributed by atoms with E-state index in [9.17, 15) is 4.79 Å². The van der Waals surface area contributed by atoms with Crippen molar-refractivity contribution < 1.29 is 9.53 Å². The molecule has 1 aromatic carbocycles. The molecule has 0 unspecified atom stereocenters. The minimum Gasteiger partial charge on any atom is -0.444 e. The van der Waals surface area contributed by atoms with Gasteiger partial charge in [0.15, 0.2) is 0 Å². The van der Waals surface area contributed by atoms with E-state index in [4.69, 9.17) is 4.74 Å². The van der Waals surface area contributed by atoms with E-state index in [1.165, 1.54) is 20.5 Å². The SMILES string of the molecule is CC(C)(C)OC(=O)N1CCc2c(sc3ccc(Br)cc23)C1. The van der Waals surface area contributed by atoms with E-state index in [2.05, 4.69) is 34.1 Å². The Hall–Kier alpha value is -1.07. The summed E-state index contributed by atoms with van der Waals surface area (Å²) in [6, 6.07) is 6.38. The highest BCUT2D eigenvalue weighted by molar-refractivity contribution is 9.10. The van der Waals surface area contributed by atoms with Crippen LogP contribution in [0.1, 0.15) is 31.2 Å². The topological polar surface area (TPSA) is 29.5 Å². The zero-order valence-electron chi connectivity index (χ0n) is 12.4. The summed E-state index contributed by atoms with van der Waals surface area (Å²) < 4.78 is 7.86. The summed E-state index contributed by atoms with van der Waals surface area (Å²) in [7, 11) is 0. The molecule has 1 amide bonds. The van der Waals surface area contributed by atoms with Gasteiger partial charge in [-0.05, 0) is 56.3 Å². The fourth-order valence-corrected chi connectivity index (χ4v) is 4.17. The van der Waals surface area contributed by atoms with Crippen LogP contribution in [0, 0.1) is 0 Å². The maximum Gasteiger partial charge on any atom is 0.410 e. The summed E-state index contributed by atoms with van der Waals surface area (Å²) in [5, 5.41) is 1.31. The third kappa shape index (κ3) is 3.09. The van der Waals surface area contributed by atoms with Crippen molar-refractivity contribution in [1.82, 2.24) is 4.90 Å². The zero-order valence-corrected chi connectivity index (χ0v) is 14.8. The smallest absolute Gasteiger partial charge is 0.410 e. The molecule has 21 heavy (non-hydrogen) atoms. The van der Waals surface area contributed by atoms with E-state index in [0.29, 0.717) is 6.54 Å². The van der Waals surface area contributed by atoms with E-state index < -0.39 is 5.60 Å². The van der Waals surface area contributed by atoms with Gasteiger partial charge in [-0.15, -0.1) is 11.3 Å². The second-order valence-electron chi connectivity index (χ2n) is 6.30. The van der Waals surface area contributed by atoms with Crippen molar-refractivity contribution in [1.29, 1.82) is 0 Å². The van der Waals surface area contributed by atoms with Crippen LogP contribution in [0.5, 0.6) is 0 Å². The van der Waals surface area contributed by atoms with E-state index in [0.717, 1.165) is 17.4 Å². The lowest BCUT2D eigenvalue weighted by molar-refractivity contribution is 0.0227. The average Bonchev–Trinajstić information content (AvgIpc) is 2.73. The molecule has 1 aliphatic rings. The van der Waals surface area contributed by atoms with Gasteiger partial charge in [0.1, 0.15) is 5.60 Å². The van der Waals surface area contributed by atoms with Gasteiger partial charge in [-0.1, -0.05) is 15.9 Å². The van der Waals surface area contributed by atoms with Crippen LogP contribution >= 0.6 is 27.3 Å². The van der Waals surface area contributed by atoms with Crippen molar-refractivity contribution in [2.75, 3.05) is 6.54 Å². The van der Waals surface area contributed by atoms with Crippen LogP contribution in [0.2, 0.25) is 0 Å². The van der Waals surface area contributed by atoms with Crippen LogP contribution in [0.15, 0.2) is 22.7 Å². The van der Waals surface area contributed by atoms with Crippen molar-refractivity contribution in [3.8, 4) is 0 Å². The first-order valence-corrected chi connectivity index (χ1v) is 8.62. The summed E-state index contributed by atoms with van der Waals surface area (Å²) in [6.07, 6.45) is 0.678. The van der Waals surface area contributed by atoms with Gasteiger partial charge in [-0.3, -0.25) is 0 Å². The van der Waals surface area contributed by atoms with Crippen molar-refractivity contribution in [2.24, 2.45) is 0 Å². The number of carbonyl (C=O) groups excluding carboxylic acids is 1.